The van der Waals surface area contributed by atoms with Gasteiger partial charge >= 0.3 is 6.36 Å². The third-order valence-corrected chi connectivity index (χ3v) is 7.18. The molecule has 0 unspecified atom stereocenters. The minimum atomic E-state index is -4.80. The second-order valence-corrected chi connectivity index (χ2v) is 9.51. The van der Waals surface area contributed by atoms with Crippen LogP contribution in [0.1, 0.15) is 59.3 Å². The van der Waals surface area contributed by atoms with Crippen LogP contribution in [-0.4, -0.2) is 57.6 Å². The molecule has 37 heavy (non-hydrogen) atoms. The zero-order chi connectivity index (χ0) is 26.3. The zero-order valence-corrected chi connectivity index (χ0v) is 20.2. The van der Waals surface area contributed by atoms with Crippen LogP contribution >= 0.6 is 0 Å². The van der Waals surface area contributed by atoms with Crippen molar-refractivity contribution in [3.8, 4) is 5.75 Å². The van der Waals surface area contributed by atoms with Crippen molar-refractivity contribution in [1.29, 1.82) is 0 Å². The molecule has 2 aliphatic heterocycles. The Morgan fingerprint density at radius 3 is 2.43 bits per heavy atom. The Hall–Kier alpha value is -3.63. The molecule has 0 radical (unpaired) electrons. The summed E-state index contributed by atoms with van der Waals surface area (Å²) in [6.45, 7) is 3.32. The highest BCUT2D eigenvalue weighted by molar-refractivity contribution is 5.94. The molecule has 4 heterocycles. The van der Waals surface area contributed by atoms with Crippen LogP contribution < -0.4 is 4.74 Å². The number of amides is 2. The van der Waals surface area contributed by atoms with Gasteiger partial charge in [0, 0.05) is 60.9 Å². The number of likely N-dealkylation sites (tertiary alicyclic amines) is 1. The van der Waals surface area contributed by atoms with Crippen LogP contribution in [0.4, 0.5) is 17.6 Å². The van der Waals surface area contributed by atoms with Gasteiger partial charge in [0.2, 0.25) is 5.91 Å². The number of nitrogens with zero attached hydrogens (tertiary/aromatic N) is 3. The Morgan fingerprint density at radius 1 is 1.08 bits per heavy atom. The molecule has 7 nitrogen and oxygen atoms in total. The summed E-state index contributed by atoms with van der Waals surface area (Å²) in [6.07, 6.45) is -0.986. The van der Waals surface area contributed by atoms with E-state index in [1.165, 1.54) is 25.3 Å². The Kier molecular flexibility index (Phi) is 6.55. The van der Waals surface area contributed by atoms with E-state index < -0.39 is 17.9 Å². The molecule has 196 valence electrons. The molecule has 1 saturated heterocycles. The lowest BCUT2D eigenvalue weighted by Crippen LogP contribution is -2.38. The van der Waals surface area contributed by atoms with E-state index in [1.54, 1.807) is 9.80 Å². The lowest BCUT2D eigenvalue weighted by Gasteiger charge is -2.33. The maximum atomic E-state index is 15.3. The van der Waals surface area contributed by atoms with E-state index in [-0.39, 0.29) is 23.3 Å². The number of aromatic nitrogens is 2. The molecular weight excluding hydrogens is 492 g/mol. The van der Waals surface area contributed by atoms with E-state index >= 15 is 4.39 Å². The van der Waals surface area contributed by atoms with Crippen molar-refractivity contribution >= 4 is 22.8 Å². The van der Waals surface area contributed by atoms with Gasteiger partial charge in [0.15, 0.2) is 0 Å². The number of fused-ring (bicyclic) bond motifs is 3. The summed E-state index contributed by atoms with van der Waals surface area (Å²) in [6, 6.07) is 4.83. The predicted octanol–water partition coefficient (Wildman–Crippen LogP) is 4.92. The number of aryl methyl sites for hydroxylation is 1. The number of hydrogen-bond acceptors (Lipinski definition) is 4. The first kappa shape index (κ1) is 25.0. The first-order valence-electron chi connectivity index (χ1n) is 12.2. The number of halogens is 4. The number of benzene rings is 1. The lowest BCUT2D eigenvalue weighted by molar-refractivity contribution is -0.274. The van der Waals surface area contributed by atoms with E-state index in [9.17, 15) is 22.8 Å². The number of piperidine rings is 1. The van der Waals surface area contributed by atoms with Gasteiger partial charge in [-0.25, -0.2) is 9.37 Å². The fourth-order valence-electron chi connectivity index (χ4n) is 5.40. The van der Waals surface area contributed by atoms with Gasteiger partial charge in [-0.05, 0) is 55.9 Å². The Balaban J connectivity index is 1.35. The van der Waals surface area contributed by atoms with Gasteiger partial charge in [-0.1, -0.05) is 0 Å². The third kappa shape index (κ3) is 5.12. The second kappa shape index (κ2) is 9.68. The first-order chi connectivity index (χ1) is 17.6. The summed E-state index contributed by atoms with van der Waals surface area (Å²) in [7, 11) is 0. The predicted molar refractivity (Wildman–Crippen MR) is 126 cm³/mol. The number of aromatic amines is 1. The highest BCUT2D eigenvalue weighted by atomic mass is 19.4. The number of H-pyrrole nitrogens is 1. The van der Waals surface area contributed by atoms with Crippen molar-refractivity contribution < 1.29 is 31.9 Å². The van der Waals surface area contributed by atoms with Gasteiger partial charge in [0.25, 0.3) is 5.91 Å². The number of alkyl halides is 3. The molecule has 0 atom stereocenters. The van der Waals surface area contributed by atoms with Crippen LogP contribution in [0.2, 0.25) is 0 Å². The fourth-order valence-corrected chi connectivity index (χ4v) is 5.40. The fraction of sp³-hybridized carbons (Fsp3) is 0.423. The van der Waals surface area contributed by atoms with Gasteiger partial charge in [-0.15, -0.1) is 13.2 Å². The molecule has 0 bridgehead atoms. The number of ether oxygens (including phenoxy) is 1. The third-order valence-electron chi connectivity index (χ3n) is 7.18. The summed E-state index contributed by atoms with van der Waals surface area (Å²) >= 11 is 0. The molecule has 0 spiro atoms. The molecule has 3 aromatic rings. The van der Waals surface area contributed by atoms with Crippen molar-refractivity contribution in [2.75, 3.05) is 19.6 Å². The average molecular weight is 519 g/mol. The average Bonchev–Trinajstić information content (AvgIpc) is 3.05. The Labute approximate surface area is 210 Å². The minimum Gasteiger partial charge on any atom is -0.406 e. The van der Waals surface area contributed by atoms with Crippen molar-refractivity contribution in [2.45, 2.75) is 51.4 Å². The molecule has 11 heteroatoms. The van der Waals surface area contributed by atoms with Crippen LogP contribution in [0, 0.1) is 5.82 Å². The molecule has 1 fully saturated rings. The van der Waals surface area contributed by atoms with E-state index in [0.29, 0.717) is 50.2 Å². The minimum absolute atomic E-state index is 0.0297. The highest BCUT2D eigenvalue weighted by Crippen LogP contribution is 2.38. The monoisotopic (exact) mass is 518 g/mol. The number of carbonyl (C=O) groups excluding carboxylic acids is 2. The largest absolute Gasteiger partial charge is 0.573 e. The standard InChI is InChI=1S/C26H26F4N4O3/c1-15(35)34-10-2-3-21-19(14-34)23-22(20(27)13-31-24(23)32-21)16-8-11-33(12-9-16)25(36)17-4-6-18(7-5-17)37-26(28,29)30/h4-7,13,16H,2-3,8-12,14H2,1H3,(H,31,32). The SMILES string of the molecule is CC(=O)N1CCCc2[nH]c3ncc(F)c(C4CCN(C(=O)c5ccc(OC(F)(F)F)cc5)CC4)c3c2C1. The van der Waals surface area contributed by atoms with Crippen LogP contribution in [0.15, 0.2) is 30.5 Å². The maximum absolute atomic E-state index is 15.3. The second-order valence-electron chi connectivity index (χ2n) is 9.51. The number of rotatable bonds is 3. The molecule has 2 aromatic heterocycles. The number of hydrogen-bond donors (Lipinski definition) is 1. The molecule has 0 saturated carbocycles. The normalized spacial score (nSPS) is 17.0. The molecule has 1 N–H and O–H groups in total. The molecule has 2 aliphatic rings. The van der Waals surface area contributed by atoms with Crippen LogP contribution in [0.25, 0.3) is 11.0 Å². The molecular formula is C26H26F4N4O3. The van der Waals surface area contributed by atoms with Crippen molar-refractivity contribution in [3.63, 3.8) is 0 Å². The van der Waals surface area contributed by atoms with E-state index in [2.05, 4.69) is 14.7 Å². The van der Waals surface area contributed by atoms with Crippen LogP contribution in [-0.2, 0) is 17.8 Å². The highest BCUT2D eigenvalue weighted by Gasteiger charge is 2.32. The van der Waals surface area contributed by atoms with E-state index in [0.717, 1.165) is 41.6 Å². The zero-order valence-electron chi connectivity index (χ0n) is 20.2. The van der Waals surface area contributed by atoms with Gasteiger partial charge < -0.3 is 19.5 Å². The summed E-state index contributed by atoms with van der Waals surface area (Å²) in [5.41, 5.74) is 3.30. The van der Waals surface area contributed by atoms with Crippen LogP contribution in [0.5, 0.6) is 5.75 Å². The topological polar surface area (TPSA) is 78.5 Å². The van der Waals surface area contributed by atoms with E-state index in [1.807, 2.05) is 0 Å². The Morgan fingerprint density at radius 2 is 1.78 bits per heavy atom. The summed E-state index contributed by atoms with van der Waals surface area (Å²) < 4.78 is 56.3. The van der Waals surface area contributed by atoms with E-state index in [4.69, 9.17) is 0 Å². The Bertz CT molecular complexity index is 1330. The lowest BCUT2D eigenvalue weighted by atomic mass is 9.86. The first-order valence-corrected chi connectivity index (χ1v) is 12.2. The number of nitrogens with one attached hydrogen (secondary N) is 1. The summed E-state index contributed by atoms with van der Waals surface area (Å²) in [5, 5.41) is 0.730. The number of pyridine rings is 1. The molecule has 1 aromatic carbocycles. The molecule has 0 aliphatic carbocycles. The quantitative estimate of drug-likeness (QED) is 0.500. The number of carbonyl (C=O) groups is 2. The van der Waals surface area contributed by atoms with Gasteiger partial charge in [0.05, 0.1) is 6.20 Å². The smallest absolute Gasteiger partial charge is 0.406 e. The molecule has 5 rings (SSSR count). The van der Waals surface area contributed by atoms with Crippen molar-refractivity contribution in [1.82, 2.24) is 19.8 Å². The van der Waals surface area contributed by atoms with Gasteiger partial charge in [-0.3, -0.25) is 9.59 Å². The van der Waals surface area contributed by atoms with Crippen molar-refractivity contribution in [3.05, 3.63) is 58.7 Å². The molecule has 2 amide bonds. The maximum Gasteiger partial charge on any atom is 0.573 e. The van der Waals surface area contributed by atoms with Gasteiger partial charge in [0.1, 0.15) is 17.2 Å². The summed E-state index contributed by atoms with van der Waals surface area (Å²) in [5.74, 6) is -1.28. The van der Waals surface area contributed by atoms with Gasteiger partial charge in [-0.2, -0.15) is 0 Å². The van der Waals surface area contributed by atoms with Crippen LogP contribution in [0.3, 0.4) is 0 Å². The summed E-state index contributed by atoms with van der Waals surface area (Å²) in [4.78, 5) is 36.0. The van der Waals surface area contributed by atoms with Crippen molar-refractivity contribution in [2.24, 2.45) is 0 Å².